The number of nitrogen functional groups attached to an aromatic ring is 1. The van der Waals surface area contributed by atoms with E-state index in [-0.39, 0.29) is 6.73 Å². The first-order chi connectivity index (χ1) is 8.06. The number of nitrogens with zero attached hydrogens (tertiary/aromatic N) is 2. The Morgan fingerprint density at radius 1 is 1.24 bits per heavy atom. The van der Waals surface area contributed by atoms with Gasteiger partial charge in [-0.25, -0.2) is 4.68 Å². The molecular weight excluding hydrogens is 284 g/mol. The molecule has 2 N–H and O–H groups in total. The molecule has 2 aromatic rings. The second kappa shape index (κ2) is 5.04. The molecule has 1 aromatic carbocycles. The monoisotopic (exact) mass is 291 g/mol. The van der Waals surface area contributed by atoms with Crippen LogP contribution in [-0.4, -0.2) is 9.78 Å². The maximum absolute atomic E-state index is 5.96. The predicted octanol–water partition coefficient (Wildman–Crippen LogP) is 3.46. The van der Waals surface area contributed by atoms with Gasteiger partial charge in [-0.2, -0.15) is 5.10 Å². The van der Waals surface area contributed by atoms with Gasteiger partial charge in [-0.1, -0.05) is 34.8 Å². The third-order valence-electron chi connectivity index (χ3n) is 1.97. The quantitative estimate of drug-likeness (QED) is 0.942. The van der Waals surface area contributed by atoms with Crippen LogP contribution in [0.4, 0.5) is 5.82 Å². The molecule has 0 radical (unpaired) electrons. The minimum Gasteiger partial charge on any atom is -0.468 e. The first-order valence-electron chi connectivity index (χ1n) is 4.62. The smallest absolute Gasteiger partial charge is 0.181 e. The van der Waals surface area contributed by atoms with Gasteiger partial charge in [0.05, 0.1) is 10.0 Å². The van der Waals surface area contributed by atoms with Crippen molar-refractivity contribution >= 4 is 40.6 Å². The highest BCUT2D eigenvalue weighted by Crippen LogP contribution is 2.35. The van der Waals surface area contributed by atoms with Crippen LogP contribution in [0.5, 0.6) is 5.75 Å². The lowest BCUT2D eigenvalue weighted by molar-refractivity contribution is 0.222. The van der Waals surface area contributed by atoms with Gasteiger partial charge in [-0.15, -0.1) is 0 Å². The molecule has 0 unspecified atom stereocenters. The average Bonchev–Trinajstić information content (AvgIpc) is 2.62. The van der Waals surface area contributed by atoms with Crippen LogP contribution in [0.15, 0.2) is 24.4 Å². The molecule has 0 saturated heterocycles. The van der Waals surface area contributed by atoms with Crippen LogP contribution in [-0.2, 0) is 6.73 Å². The summed E-state index contributed by atoms with van der Waals surface area (Å²) in [7, 11) is 0. The highest BCUT2D eigenvalue weighted by molar-refractivity contribution is 6.40. The van der Waals surface area contributed by atoms with Gasteiger partial charge < -0.3 is 10.5 Å². The third-order valence-corrected chi connectivity index (χ3v) is 2.75. The Morgan fingerprint density at radius 2 is 1.88 bits per heavy atom. The Morgan fingerprint density at radius 3 is 2.41 bits per heavy atom. The van der Waals surface area contributed by atoms with E-state index in [0.29, 0.717) is 26.6 Å². The van der Waals surface area contributed by atoms with Crippen molar-refractivity contribution in [2.45, 2.75) is 6.73 Å². The molecule has 2 rings (SSSR count). The van der Waals surface area contributed by atoms with E-state index in [0.717, 1.165) is 0 Å². The lowest BCUT2D eigenvalue weighted by Gasteiger charge is -2.10. The van der Waals surface area contributed by atoms with Crippen LogP contribution in [0.2, 0.25) is 15.1 Å². The number of benzene rings is 1. The molecule has 1 aromatic heterocycles. The van der Waals surface area contributed by atoms with Crippen LogP contribution >= 0.6 is 34.8 Å². The summed E-state index contributed by atoms with van der Waals surface area (Å²) >= 11 is 17.7. The van der Waals surface area contributed by atoms with Crippen molar-refractivity contribution in [1.82, 2.24) is 9.78 Å². The summed E-state index contributed by atoms with van der Waals surface area (Å²) in [5.74, 6) is 0.786. The predicted molar refractivity (Wildman–Crippen MR) is 68.7 cm³/mol. The summed E-state index contributed by atoms with van der Waals surface area (Å²) < 4.78 is 6.97. The number of ether oxygens (including phenoxy) is 1. The molecule has 0 aliphatic rings. The molecule has 7 heteroatoms. The number of hydrogen-bond acceptors (Lipinski definition) is 3. The number of hydrogen-bond donors (Lipinski definition) is 1. The number of rotatable bonds is 3. The molecule has 4 nitrogen and oxygen atoms in total. The van der Waals surface area contributed by atoms with Gasteiger partial charge >= 0.3 is 0 Å². The fourth-order valence-corrected chi connectivity index (χ4v) is 2.17. The second-order valence-corrected chi connectivity index (χ2v) is 4.50. The average molecular weight is 293 g/mol. The van der Waals surface area contributed by atoms with E-state index in [2.05, 4.69) is 5.10 Å². The van der Waals surface area contributed by atoms with Crippen LogP contribution in [0.3, 0.4) is 0 Å². The van der Waals surface area contributed by atoms with E-state index in [9.17, 15) is 0 Å². The molecule has 0 atom stereocenters. The zero-order valence-corrected chi connectivity index (χ0v) is 10.8. The second-order valence-electron chi connectivity index (χ2n) is 3.25. The summed E-state index contributed by atoms with van der Waals surface area (Å²) in [5.41, 5.74) is 5.47. The Balaban J connectivity index is 2.14. The van der Waals surface area contributed by atoms with Crippen LogP contribution in [0.1, 0.15) is 0 Å². The van der Waals surface area contributed by atoms with E-state index in [1.165, 1.54) is 4.68 Å². The van der Waals surface area contributed by atoms with Crippen LogP contribution in [0.25, 0.3) is 0 Å². The van der Waals surface area contributed by atoms with Gasteiger partial charge in [0.25, 0.3) is 0 Å². The van der Waals surface area contributed by atoms with E-state index < -0.39 is 0 Å². The van der Waals surface area contributed by atoms with Gasteiger partial charge in [-0.3, -0.25) is 0 Å². The maximum Gasteiger partial charge on any atom is 0.181 e. The molecule has 0 aliphatic carbocycles. The fraction of sp³-hybridized carbons (Fsp3) is 0.100. The largest absolute Gasteiger partial charge is 0.468 e. The molecule has 0 bridgehead atoms. The van der Waals surface area contributed by atoms with Crippen LogP contribution in [0, 0.1) is 0 Å². The lowest BCUT2D eigenvalue weighted by atomic mass is 10.3. The summed E-state index contributed by atoms with van der Waals surface area (Å²) in [6.07, 6.45) is 1.69. The van der Waals surface area contributed by atoms with Crippen molar-refractivity contribution in [3.05, 3.63) is 39.5 Å². The Labute approximate surface area is 113 Å². The first-order valence-corrected chi connectivity index (χ1v) is 5.76. The van der Waals surface area contributed by atoms with E-state index in [1.54, 1.807) is 24.4 Å². The fourth-order valence-electron chi connectivity index (χ4n) is 1.25. The number of nitrogens with two attached hydrogens (primary N) is 1. The number of halogens is 3. The Hall–Kier alpha value is -1.10. The Bertz CT molecular complexity index is 518. The molecule has 17 heavy (non-hydrogen) atoms. The number of anilines is 1. The van der Waals surface area contributed by atoms with Crippen molar-refractivity contribution in [2.75, 3.05) is 5.73 Å². The molecule has 0 spiro atoms. The molecule has 0 aliphatic heterocycles. The summed E-state index contributed by atoms with van der Waals surface area (Å²) in [5, 5.41) is 5.11. The van der Waals surface area contributed by atoms with Gasteiger partial charge in [0.15, 0.2) is 12.5 Å². The first kappa shape index (κ1) is 12.4. The van der Waals surface area contributed by atoms with Crippen molar-refractivity contribution in [2.24, 2.45) is 0 Å². The summed E-state index contributed by atoms with van der Waals surface area (Å²) in [4.78, 5) is 0. The van der Waals surface area contributed by atoms with Crippen LogP contribution < -0.4 is 10.5 Å². The van der Waals surface area contributed by atoms with E-state index in [4.69, 9.17) is 45.3 Å². The highest BCUT2D eigenvalue weighted by Gasteiger charge is 2.09. The van der Waals surface area contributed by atoms with Gasteiger partial charge in [-0.05, 0) is 12.1 Å². The van der Waals surface area contributed by atoms with Crippen molar-refractivity contribution in [3.63, 3.8) is 0 Å². The van der Waals surface area contributed by atoms with Crippen molar-refractivity contribution in [3.8, 4) is 5.75 Å². The molecule has 90 valence electrons. The maximum atomic E-state index is 5.96. The van der Waals surface area contributed by atoms with E-state index in [1.807, 2.05) is 0 Å². The minimum absolute atomic E-state index is 0.165. The lowest BCUT2D eigenvalue weighted by Crippen LogP contribution is -2.06. The minimum atomic E-state index is 0.165. The zero-order chi connectivity index (χ0) is 12.4. The molecule has 1 heterocycles. The van der Waals surface area contributed by atoms with Crippen molar-refractivity contribution in [1.29, 1.82) is 0 Å². The van der Waals surface area contributed by atoms with Gasteiger partial charge in [0.1, 0.15) is 5.82 Å². The van der Waals surface area contributed by atoms with Gasteiger partial charge in [0, 0.05) is 17.3 Å². The van der Waals surface area contributed by atoms with E-state index >= 15 is 0 Å². The molecule has 0 amide bonds. The molecular formula is C10H8Cl3N3O. The molecule has 0 fully saturated rings. The molecule has 0 saturated carbocycles. The number of aromatic nitrogens is 2. The standard InChI is InChI=1S/C10H8Cl3N3O/c11-6-3-7(12)10(8(13)4-6)17-5-16-2-1-9(14)15-16/h1-4H,5H2,(H2,14,15). The zero-order valence-electron chi connectivity index (χ0n) is 8.53. The topological polar surface area (TPSA) is 53.1 Å². The normalized spacial score (nSPS) is 10.5. The summed E-state index contributed by atoms with van der Waals surface area (Å²) in [6, 6.07) is 4.78. The third kappa shape index (κ3) is 2.97. The highest BCUT2D eigenvalue weighted by atomic mass is 35.5. The van der Waals surface area contributed by atoms with Crippen molar-refractivity contribution < 1.29 is 4.74 Å². The Kier molecular flexibility index (Phi) is 3.66. The SMILES string of the molecule is Nc1ccn(COc2c(Cl)cc(Cl)cc2Cl)n1. The van der Waals surface area contributed by atoms with Gasteiger partial charge in [0.2, 0.25) is 0 Å². The summed E-state index contributed by atoms with van der Waals surface area (Å²) in [6.45, 7) is 0.165.